The molecular formula is C10H18ClNO. The molecule has 0 saturated carbocycles. The van der Waals surface area contributed by atoms with Crippen molar-refractivity contribution in [2.24, 2.45) is 0 Å². The highest BCUT2D eigenvalue weighted by Gasteiger charge is 2.16. The molecule has 0 aliphatic carbocycles. The van der Waals surface area contributed by atoms with Crippen LogP contribution < -0.4 is 0 Å². The maximum Gasteiger partial charge on any atom is 0.222 e. The van der Waals surface area contributed by atoms with Gasteiger partial charge >= 0.3 is 0 Å². The number of amides is 1. The first-order valence-electron chi connectivity index (χ1n) is 5.18. The van der Waals surface area contributed by atoms with E-state index in [9.17, 15) is 4.79 Å². The Morgan fingerprint density at radius 1 is 1.23 bits per heavy atom. The van der Waals surface area contributed by atoms with E-state index in [-0.39, 0.29) is 0 Å². The summed E-state index contributed by atoms with van der Waals surface area (Å²) in [7, 11) is 0. The number of carbonyl (C=O) groups is 1. The fourth-order valence-electron chi connectivity index (χ4n) is 1.67. The lowest BCUT2D eigenvalue weighted by Crippen LogP contribution is -2.35. The number of piperidine rings is 1. The van der Waals surface area contributed by atoms with Crippen LogP contribution >= 0.6 is 11.6 Å². The summed E-state index contributed by atoms with van der Waals surface area (Å²) in [6.07, 6.45) is 6.35. The van der Waals surface area contributed by atoms with Gasteiger partial charge in [0.2, 0.25) is 5.91 Å². The second-order valence-corrected chi connectivity index (χ2v) is 3.97. The molecule has 1 heterocycles. The maximum atomic E-state index is 11.4. The van der Waals surface area contributed by atoms with Crippen molar-refractivity contribution in [1.82, 2.24) is 4.90 Å². The van der Waals surface area contributed by atoms with Crippen LogP contribution in [0.3, 0.4) is 0 Å². The lowest BCUT2D eigenvalue weighted by atomic mass is 10.1. The van der Waals surface area contributed by atoms with Gasteiger partial charge in [0.05, 0.1) is 0 Å². The van der Waals surface area contributed by atoms with Crippen LogP contribution in [-0.4, -0.2) is 29.8 Å². The molecule has 1 amide bonds. The quantitative estimate of drug-likeness (QED) is 0.497. The first-order valence-corrected chi connectivity index (χ1v) is 5.72. The minimum absolute atomic E-state index is 0.345. The Balaban J connectivity index is 2.08. The molecule has 0 spiro atoms. The zero-order chi connectivity index (χ0) is 9.52. The molecule has 0 N–H and O–H groups in total. The van der Waals surface area contributed by atoms with Gasteiger partial charge in [0.15, 0.2) is 0 Å². The van der Waals surface area contributed by atoms with Gasteiger partial charge in [-0.2, -0.15) is 0 Å². The zero-order valence-electron chi connectivity index (χ0n) is 8.10. The first kappa shape index (κ1) is 10.8. The van der Waals surface area contributed by atoms with Gasteiger partial charge < -0.3 is 4.90 Å². The van der Waals surface area contributed by atoms with Crippen LogP contribution in [0.25, 0.3) is 0 Å². The predicted octanol–water partition coefficient (Wildman–Crippen LogP) is 2.41. The first-order chi connectivity index (χ1) is 6.34. The summed E-state index contributed by atoms with van der Waals surface area (Å²) < 4.78 is 0. The summed E-state index contributed by atoms with van der Waals surface area (Å²) in [6.45, 7) is 1.91. The Morgan fingerprint density at radius 2 is 2.08 bits per heavy atom. The third-order valence-corrected chi connectivity index (χ3v) is 2.75. The molecule has 76 valence electrons. The van der Waals surface area contributed by atoms with Crippen molar-refractivity contribution in [2.45, 2.75) is 38.5 Å². The predicted molar refractivity (Wildman–Crippen MR) is 55.0 cm³/mol. The third kappa shape index (κ3) is 3.99. The molecule has 1 aliphatic rings. The topological polar surface area (TPSA) is 20.3 Å². The molecule has 0 aromatic heterocycles. The van der Waals surface area contributed by atoms with Crippen LogP contribution in [0.1, 0.15) is 38.5 Å². The molecule has 1 fully saturated rings. The molecule has 2 nitrogen and oxygen atoms in total. The Morgan fingerprint density at radius 3 is 2.77 bits per heavy atom. The second-order valence-electron chi connectivity index (χ2n) is 3.59. The molecule has 13 heavy (non-hydrogen) atoms. The zero-order valence-corrected chi connectivity index (χ0v) is 8.85. The van der Waals surface area contributed by atoms with Gasteiger partial charge in [0.25, 0.3) is 0 Å². The van der Waals surface area contributed by atoms with Crippen LogP contribution in [0, 0.1) is 0 Å². The van der Waals surface area contributed by atoms with E-state index in [0.29, 0.717) is 5.91 Å². The molecule has 0 bridgehead atoms. The fourth-order valence-corrected chi connectivity index (χ4v) is 1.86. The summed E-state index contributed by atoms with van der Waals surface area (Å²) >= 11 is 5.57. The lowest BCUT2D eigenvalue weighted by Gasteiger charge is -2.26. The molecule has 0 radical (unpaired) electrons. The summed E-state index contributed by atoms with van der Waals surface area (Å²) in [4.78, 5) is 13.4. The Hall–Kier alpha value is -0.240. The van der Waals surface area contributed by atoms with Crippen LogP contribution in [0.5, 0.6) is 0 Å². The van der Waals surface area contributed by atoms with Crippen molar-refractivity contribution in [3.05, 3.63) is 0 Å². The average molecular weight is 204 g/mol. The number of alkyl halides is 1. The summed E-state index contributed by atoms with van der Waals surface area (Å²) in [6, 6.07) is 0. The van der Waals surface area contributed by atoms with Crippen molar-refractivity contribution in [3.8, 4) is 0 Å². The van der Waals surface area contributed by atoms with Gasteiger partial charge in [-0.05, 0) is 25.7 Å². The smallest absolute Gasteiger partial charge is 0.222 e. The number of hydrogen-bond donors (Lipinski definition) is 0. The van der Waals surface area contributed by atoms with Crippen molar-refractivity contribution < 1.29 is 4.79 Å². The minimum atomic E-state index is 0.345. The molecule has 0 aromatic rings. The molecule has 1 aliphatic heterocycles. The number of nitrogens with zero attached hydrogens (tertiary/aromatic N) is 1. The third-order valence-electron chi connectivity index (χ3n) is 2.48. The minimum Gasteiger partial charge on any atom is -0.343 e. The maximum absolute atomic E-state index is 11.4. The van der Waals surface area contributed by atoms with E-state index in [1.54, 1.807) is 0 Å². The Kier molecular flexibility index (Phi) is 5.21. The molecule has 1 rings (SSSR count). The standard InChI is InChI=1S/C10H18ClNO/c11-7-3-1-4-8-12-9-5-2-6-10(12)13/h1-9H2. The number of unbranched alkanes of at least 4 members (excludes halogenated alkanes) is 2. The second kappa shape index (κ2) is 6.25. The van der Waals surface area contributed by atoms with Gasteiger partial charge in [0, 0.05) is 25.4 Å². The average Bonchev–Trinajstić information content (AvgIpc) is 2.15. The van der Waals surface area contributed by atoms with Crippen molar-refractivity contribution >= 4 is 17.5 Å². The monoisotopic (exact) mass is 203 g/mol. The molecule has 0 atom stereocenters. The van der Waals surface area contributed by atoms with E-state index in [1.165, 1.54) is 6.42 Å². The number of halogens is 1. The molecule has 3 heteroatoms. The van der Waals surface area contributed by atoms with Crippen LogP contribution in [-0.2, 0) is 4.79 Å². The highest BCUT2D eigenvalue weighted by molar-refractivity contribution is 6.17. The molecule has 0 unspecified atom stereocenters. The van der Waals surface area contributed by atoms with Crippen molar-refractivity contribution in [3.63, 3.8) is 0 Å². The van der Waals surface area contributed by atoms with E-state index < -0.39 is 0 Å². The SMILES string of the molecule is O=C1CCCCN1CCCCCCl. The van der Waals surface area contributed by atoms with Gasteiger partial charge in [-0.25, -0.2) is 0 Å². The molecule has 0 aromatic carbocycles. The normalized spacial score (nSPS) is 17.9. The van der Waals surface area contributed by atoms with Gasteiger partial charge in [0.1, 0.15) is 0 Å². The Bertz CT molecular complexity index is 161. The van der Waals surface area contributed by atoms with Crippen LogP contribution in [0.4, 0.5) is 0 Å². The van der Waals surface area contributed by atoms with Crippen LogP contribution in [0.15, 0.2) is 0 Å². The lowest BCUT2D eigenvalue weighted by molar-refractivity contribution is -0.133. The number of likely N-dealkylation sites (tertiary alicyclic amines) is 1. The highest BCUT2D eigenvalue weighted by Crippen LogP contribution is 2.11. The molecular weight excluding hydrogens is 186 g/mol. The largest absolute Gasteiger partial charge is 0.343 e. The van der Waals surface area contributed by atoms with Crippen LogP contribution in [0.2, 0.25) is 0 Å². The van der Waals surface area contributed by atoms with E-state index in [4.69, 9.17) is 11.6 Å². The van der Waals surface area contributed by atoms with E-state index in [0.717, 1.165) is 51.1 Å². The van der Waals surface area contributed by atoms with Gasteiger partial charge in [-0.3, -0.25) is 4.79 Å². The summed E-state index contributed by atoms with van der Waals surface area (Å²) in [5.41, 5.74) is 0. The number of rotatable bonds is 5. The van der Waals surface area contributed by atoms with Gasteiger partial charge in [-0.1, -0.05) is 6.42 Å². The summed E-state index contributed by atoms with van der Waals surface area (Å²) in [5, 5.41) is 0. The summed E-state index contributed by atoms with van der Waals surface area (Å²) in [5.74, 6) is 1.09. The number of carbonyl (C=O) groups excluding carboxylic acids is 1. The van der Waals surface area contributed by atoms with Crippen molar-refractivity contribution in [2.75, 3.05) is 19.0 Å². The molecule has 1 saturated heterocycles. The van der Waals surface area contributed by atoms with E-state index in [1.807, 2.05) is 4.90 Å². The van der Waals surface area contributed by atoms with E-state index >= 15 is 0 Å². The van der Waals surface area contributed by atoms with Crippen molar-refractivity contribution in [1.29, 1.82) is 0 Å². The van der Waals surface area contributed by atoms with Gasteiger partial charge in [-0.15, -0.1) is 11.6 Å². The Labute approximate surface area is 85.2 Å². The van der Waals surface area contributed by atoms with E-state index in [2.05, 4.69) is 0 Å². The highest BCUT2D eigenvalue weighted by atomic mass is 35.5. The fraction of sp³-hybridized carbons (Fsp3) is 0.900. The number of hydrogen-bond acceptors (Lipinski definition) is 1.